The second-order valence-corrected chi connectivity index (χ2v) is 7.33. The molecule has 144 valence electrons. The van der Waals surface area contributed by atoms with Crippen LogP contribution in [-0.4, -0.2) is 40.7 Å². The second kappa shape index (κ2) is 9.06. The van der Waals surface area contributed by atoms with Gasteiger partial charge >= 0.3 is 6.09 Å². The lowest BCUT2D eigenvalue weighted by Gasteiger charge is -2.27. The monoisotopic (exact) mass is 363 g/mol. The van der Waals surface area contributed by atoms with Gasteiger partial charge in [0.25, 0.3) is 0 Å². The van der Waals surface area contributed by atoms with Gasteiger partial charge in [-0.3, -0.25) is 0 Å². The molecular formula is C19H29N3O4. The van der Waals surface area contributed by atoms with E-state index in [-0.39, 0.29) is 18.9 Å². The number of alkyl carbamates (subject to hydrolysis) is 1. The number of nitrogens with one attached hydrogen (secondary N) is 1. The number of imidazole rings is 1. The molecule has 0 spiro atoms. The van der Waals surface area contributed by atoms with Gasteiger partial charge in [-0.05, 0) is 47.0 Å². The molecule has 0 bridgehead atoms. The second-order valence-electron chi connectivity index (χ2n) is 7.33. The van der Waals surface area contributed by atoms with Gasteiger partial charge in [-0.1, -0.05) is 5.92 Å². The number of carbonyl (C=O) groups excluding carboxylic acids is 1. The zero-order chi connectivity index (χ0) is 19.2. The number of amides is 1. The molecule has 3 atom stereocenters. The molecule has 1 aromatic rings. The van der Waals surface area contributed by atoms with Crippen molar-refractivity contribution in [1.29, 1.82) is 0 Å². The van der Waals surface area contributed by atoms with Gasteiger partial charge < -0.3 is 24.1 Å². The Kier molecular flexibility index (Phi) is 7.06. The highest BCUT2D eigenvalue weighted by Gasteiger charge is 2.24. The maximum Gasteiger partial charge on any atom is 0.407 e. The Morgan fingerprint density at radius 1 is 1.54 bits per heavy atom. The Hall–Kier alpha value is -2.04. The minimum Gasteiger partial charge on any atom is -0.444 e. The van der Waals surface area contributed by atoms with Crippen molar-refractivity contribution in [3.63, 3.8) is 0 Å². The third-order valence-electron chi connectivity index (χ3n) is 3.92. The molecular weight excluding hydrogens is 334 g/mol. The molecule has 7 nitrogen and oxygen atoms in total. The van der Waals surface area contributed by atoms with E-state index < -0.39 is 17.7 Å². The first kappa shape index (κ1) is 20.3. The molecule has 0 aliphatic carbocycles. The summed E-state index contributed by atoms with van der Waals surface area (Å²) in [6.07, 6.45) is 11.2. The average Bonchev–Trinajstić information content (AvgIpc) is 3.04. The molecule has 1 aliphatic heterocycles. The van der Waals surface area contributed by atoms with Crippen molar-refractivity contribution >= 4 is 6.09 Å². The first-order chi connectivity index (χ1) is 12.3. The number of terminal acetylenes is 1. The van der Waals surface area contributed by atoms with Crippen LogP contribution in [0.1, 0.15) is 64.9 Å². The average molecular weight is 363 g/mol. The van der Waals surface area contributed by atoms with Crippen LogP contribution >= 0.6 is 0 Å². The summed E-state index contributed by atoms with van der Waals surface area (Å²) < 4.78 is 18.7. The molecule has 1 aliphatic rings. The van der Waals surface area contributed by atoms with Gasteiger partial charge in [-0.25, -0.2) is 9.78 Å². The van der Waals surface area contributed by atoms with Crippen molar-refractivity contribution in [3.8, 4) is 12.3 Å². The highest BCUT2D eigenvalue weighted by atomic mass is 16.7. The number of nitrogens with zero attached hydrogens (tertiary/aromatic N) is 2. The highest BCUT2D eigenvalue weighted by Crippen LogP contribution is 2.24. The van der Waals surface area contributed by atoms with Gasteiger partial charge in [0.05, 0.1) is 6.54 Å². The topological polar surface area (TPSA) is 74.6 Å². The third-order valence-corrected chi connectivity index (χ3v) is 3.92. The Balaban J connectivity index is 1.97. The van der Waals surface area contributed by atoms with Gasteiger partial charge in [-0.2, -0.15) is 0 Å². The molecule has 0 aromatic carbocycles. The van der Waals surface area contributed by atoms with Crippen LogP contribution in [0.3, 0.4) is 0 Å². The lowest BCUT2D eigenvalue weighted by Crippen LogP contribution is -2.36. The largest absolute Gasteiger partial charge is 0.444 e. The van der Waals surface area contributed by atoms with Crippen LogP contribution in [-0.2, 0) is 14.2 Å². The number of carbonyl (C=O) groups is 1. The fraction of sp³-hybridized carbons (Fsp3) is 0.684. The Morgan fingerprint density at radius 2 is 2.31 bits per heavy atom. The molecule has 0 radical (unpaired) electrons. The van der Waals surface area contributed by atoms with Gasteiger partial charge in [0.15, 0.2) is 6.29 Å². The van der Waals surface area contributed by atoms with E-state index in [1.54, 1.807) is 12.4 Å². The van der Waals surface area contributed by atoms with Crippen LogP contribution in [0.5, 0.6) is 0 Å². The van der Waals surface area contributed by atoms with Crippen molar-refractivity contribution in [2.24, 2.45) is 0 Å². The van der Waals surface area contributed by atoms with E-state index in [0.29, 0.717) is 5.82 Å². The van der Waals surface area contributed by atoms with Crippen LogP contribution in [0.4, 0.5) is 4.79 Å². The quantitative estimate of drug-likeness (QED) is 0.786. The minimum absolute atomic E-state index is 0.215. The lowest BCUT2D eigenvalue weighted by atomic mass is 10.2. The molecule has 1 aromatic heterocycles. The molecule has 1 fully saturated rings. The van der Waals surface area contributed by atoms with E-state index in [1.807, 2.05) is 32.3 Å². The summed E-state index contributed by atoms with van der Waals surface area (Å²) in [5.74, 6) is 3.39. The van der Waals surface area contributed by atoms with Crippen molar-refractivity contribution in [2.45, 2.75) is 71.0 Å². The molecule has 0 saturated carbocycles. The summed E-state index contributed by atoms with van der Waals surface area (Å²) in [6.45, 7) is 8.31. The Morgan fingerprint density at radius 3 is 2.92 bits per heavy atom. The summed E-state index contributed by atoms with van der Waals surface area (Å²) in [6, 6.07) is -0.390. The Labute approximate surface area is 155 Å². The summed E-state index contributed by atoms with van der Waals surface area (Å²) in [7, 11) is 0. The van der Waals surface area contributed by atoms with E-state index in [1.165, 1.54) is 0 Å². The first-order valence-electron chi connectivity index (χ1n) is 9.03. The van der Waals surface area contributed by atoms with Crippen LogP contribution < -0.4 is 5.32 Å². The normalized spacial score (nSPS) is 20.0. The number of ether oxygens (including phenoxy) is 3. The van der Waals surface area contributed by atoms with E-state index >= 15 is 0 Å². The lowest BCUT2D eigenvalue weighted by molar-refractivity contribution is -0.188. The zero-order valence-electron chi connectivity index (χ0n) is 16.0. The van der Waals surface area contributed by atoms with E-state index in [2.05, 4.69) is 16.2 Å². The maximum absolute atomic E-state index is 11.9. The van der Waals surface area contributed by atoms with Crippen molar-refractivity contribution in [1.82, 2.24) is 14.9 Å². The third kappa shape index (κ3) is 6.04. The number of rotatable bonds is 6. The molecule has 1 N–H and O–H groups in total. The molecule has 1 amide bonds. The van der Waals surface area contributed by atoms with Crippen LogP contribution in [0.25, 0.3) is 0 Å². The zero-order valence-corrected chi connectivity index (χ0v) is 16.0. The van der Waals surface area contributed by atoms with Gasteiger partial charge in [0, 0.05) is 19.0 Å². The van der Waals surface area contributed by atoms with Crippen molar-refractivity contribution < 1.29 is 19.0 Å². The predicted octanol–water partition coefficient (Wildman–Crippen LogP) is 3.19. The van der Waals surface area contributed by atoms with Crippen LogP contribution in [0.15, 0.2) is 12.4 Å². The minimum atomic E-state index is -0.557. The highest BCUT2D eigenvalue weighted by molar-refractivity contribution is 5.67. The van der Waals surface area contributed by atoms with Gasteiger partial charge in [0.1, 0.15) is 23.6 Å². The van der Waals surface area contributed by atoms with Gasteiger partial charge in [0.2, 0.25) is 0 Å². The van der Waals surface area contributed by atoms with E-state index in [9.17, 15) is 4.79 Å². The fourth-order valence-corrected chi connectivity index (χ4v) is 2.74. The maximum atomic E-state index is 11.9. The molecule has 26 heavy (non-hydrogen) atoms. The fourth-order valence-electron chi connectivity index (χ4n) is 2.74. The smallest absolute Gasteiger partial charge is 0.407 e. The summed E-state index contributed by atoms with van der Waals surface area (Å²) in [5, 5.41) is 2.71. The molecule has 1 saturated heterocycles. The van der Waals surface area contributed by atoms with Crippen LogP contribution in [0.2, 0.25) is 0 Å². The standard InChI is InChI=1S/C19H29N3O4/c1-6-15(13-21-18(23)26-19(3,4)5)22-11-10-20-17(22)14(2)25-16-9-7-8-12-24-16/h1,10-11,14-16H,7-9,12-13H2,2-5H3,(H,21,23)/t14-,15-,16?/m0/s1. The van der Waals surface area contributed by atoms with Gasteiger partial charge in [-0.15, -0.1) is 6.42 Å². The molecule has 7 heteroatoms. The SMILES string of the molecule is C#C[C@@H](CNC(=O)OC(C)(C)C)n1ccnc1[C@H](C)OC1CCCCO1. The Bertz CT molecular complexity index is 623. The predicted molar refractivity (Wildman–Crippen MR) is 97.4 cm³/mol. The van der Waals surface area contributed by atoms with Crippen molar-refractivity contribution in [2.75, 3.05) is 13.2 Å². The first-order valence-corrected chi connectivity index (χ1v) is 9.03. The molecule has 2 heterocycles. The summed E-state index contributed by atoms with van der Waals surface area (Å²) >= 11 is 0. The van der Waals surface area contributed by atoms with Crippen molar-refractivity contribution in [3.05, 3.63) is 18.2 Å². The van der Waals surface area contributed by atoms with Crippen LogP contribution in [0, 0.1) is 12.3 Å². The summed E-state index contributed by atoms with van der Waals surface area (Å²) in [4.78, 5) is 16.2. The number of hydrogen-bond acceptors (Lipinski definition) is 5. The number of aromatic nitrogens is 2. The van der Waals surface area contributed by atoms with E-state index in [4.69, 9.17) is 20.6 Å². The molecule has 2 rings (SSSR count). The molecule has 1 unspecified atom stereocenters. The summed E-state index contributed by atoms with van der Waals surface area (Å²) in [5.41, 5.74) is -0.557. The van der Waals surface area contributed by atoms with E-state index in [0.717, 1.165) is 25.9 Å². The number of hydrogen-bond donors (Lipinski definition) is 1.